The summed E-state index contributed by atoms with van der Waals surface area (Å²) in [4.78, 5) is 2.78. The van der Waals surface area contributed by atoms with E-state index in [1.54, 1.807) is 0 Å². The summed E-state index contributed by atoms with van der Waals surface area (Å²) in [7, 11) is 0. The van der Waals surface area contributed by atoms with Crippen molar-refractivity contribution in [2.24, 2.45) is 11.8 Å². The van der Waals surface area contributed by atoms with E-state index in [4.69, 9.17) is 0 Å². The molecule has 1 aliphatic carbocycles. The van der Waals surface area contributed by atoms with E-state index in [0.717, 1.165) is 17.9 Å². The van der Waals surface area contributed by atoms with E-state index in [1.165, 1.54) is 51.7 Å². The van der Waals surface area contributed by atoms with Gasteiger partial charge in [-0.2, -0.15) is 0 Å². The molecule has 1 aliphatic heterocycles. The number of nitrogens with one attached hydrogen (secondary N) is 1. The Morgan fingerprint density at radius 2 is 1.94 bits per heavy atom. The van der Waals surface area contributed by atoms with Crippen LogP contribution in [0, 0.1) is 11.8 Å². The van der Waals surface area contributed by atoms with Crippen LogP contribution in [-0.4, -0.2) is 36.6 Å². The van der Waals surface area contributed by atoms with E-state index in [0.29, 0.717) is 6.04 Å². The van der Waals surface area contributed by atoms with Crippen molar-refractivity contribution in [3.05, 3.63) is 0 Å². The minimum absolute atomic E-state index is 0.712. The third kappa shape index (κ3) is 3.69. The summed E-state index contributed by atoms with van der Waals surface area (Å²) in [5.41, 5.74) is 0. The van der Waals surface area contributed by atoms with Gasteiger partial charge in [0.05, 0.1) is 0 Å². The van der Waals surface area contributed by atoms with Gasteiger partial charge in [0.15, 0.2) is 0 Å². The molecule has 0 aromatic rings. The zero-order chi connectivity index (χ0) is 12.3. The SMILES string of the molecule is CC1CCCC(N2CCNC(C(C)C)C2)CC1. The molecular weight excluding hydrogens is 208 g/mol. The highest BCUT2D eigenvalue weighted by Gasteiger charge is 2.28. The number of rotatable bonds is 2. The summed E-state index contributed by atoms with van der Waals surface area (Å²) in [6.45, 7) is 10.8. The predicted octanol–water partition coefficient (Wildman–Crippen LogP) is 2.89. The van der Waals surface area contributed by atoms with Crippen molar-refractivity contribution < 1.29 is 0 Å². The summed E-state index contributed by atoms with van der Waals surface area (Å²) < 4.78 is 0. The molecule has 2 rings (SSSR count). The molecule has 3 unspecified atom stereocenters. The number of hydrogen-bond donors (Lipinski definition) is 1. The molecule has 0 aromatic carbocycles. The Morgan fingerprint density at radius 1 is 1.12 bits per heavy atom. The zero-order valence-corrected chi connectivity index (χ0v) is 11.9. The third-order valence-electron chi connectivity index (χ3n) is 4.78. The van der Waals surface area contributed by atoms with Gasteiger partial charge in [-0.15, -0.1) is 0 Å². The number of hydrogen-bond acceptors (Lipinski definition) is 2. The molecule has 3 atom stereocenters. The Labute approximate surface area is 107 Å². The Morgan fingerprint density at radius 3 is 2.71 bits per heavy atom. The second-order valence-electron chi connectivity index (χ2n) is 6.57. The molecule has 0 radical (unpaired) electrons. The Kier molecular flexibility index (Phi) is 4.87. The molecule has 2 nitrogen and oxygen atoms in total. The fourth-order valence-electron chi connectivity index (χ4n) is 3.41. The van der Waals surface area contributed by atoms with Crippen molar-refractivity contribution in [2.45, 2.75) is 65.0 Å². The van der Waals surface area contributed by atoms with E-state index < -0.39 is 0 Å². The minimum Gasteiger partial charge on any atom is -0.311 e. The molecule has 1 N–H and O–H groups in total. The van der Waals surface area contributed by atoms with Crippen LogP contribution in [0.15, 0.2) is 0 Å². The van der Waals surface area contributed by atoms with Gasteiger partial charge in [0, 0.05) is 31.7 Å². The highest BCUT2D eigenvalue weighted by molar-refractivity contribution is 4.86. The van der Waals surface area contributed by atoms with Gasteiger partial charge in [-0.05, 0) is 31.1 Å². The summed E-state index contributed by atoms with van der Waals surface area (Å²) >= 11 is 0. The van der Waals surface area contributed by atoms with Crippen molar-refractivity contribution in [3.8, 4) is 0 Å². The molecule has 0 bridgehead atoms. The van der Waals surface area contributed by atoms with E-state index in [9.17, 15) is 0 Å². The lowest BCUT2D eigenvalue weighted by atomic mass is 9.98. The van der Waals surface area contributed by atoms with E-state index in [-0.39, 0.29) is 0 Å². The second kappa shape index (κ2) is 6.19. The average molecular weight is 238 g/mol. The number of nitrogens with zero attached hydrogens (tertiary/aromatic N) is 1. The smallest absolute Gasteiger partial charge is 0.0218 e. The van der Waals surface area contributed by atoms with Crippen molar-refractivity contribution in [3.63, 3.8) is 0 Å². The maximum absolute atomic E-state index is 3.67. The van der Waals surface area contributed by atoms with Gasteiger partial charge in [0.2, 0.25) is 0 Å². The molecule has 100 valence electrons. The van der Waals surface area contributed by atoms with Crippen LogP contribution in [0.25, 0.3) is 0 Å². The summed E-state index contributed by atoms with van der Waals surface area (Å²) in [5.74, 6) is 1.73. The van der Waals surface area contributed by atoms with Crippen LogP contribution in [0.1, 0.15) is 52.9 Å². The topological polar surface area (TPSA) is 15.3 Å². The standard InChI is InChI=1S/C15H30N2/c1-12(2)15-11-17(10-9-16-15)14-6-4-5-13(3)7-8-14/h12-16H,4-11H2,1-3H3. The van der Waals surface area contributed by atoms with Crippen LogP contribution in [0.4, 0.5) is 0 Å². The van der Waals surface area contributed by atoms with Gasteiger partial charge in [-0.3, -0.25) is 4.90 Å². The highest BCUT2D eigenvalue weighted by atomic mass is 15.2. The average Bonchev–Trinajstić information content (AvgIpc) is 2.54. The molecule has 1 saturated heterocycles. The summed E-state index contributed by atoms with van der Waals surface area (Å²) in [5, 5.41) is 3.67. The van der Waals surface area contributed by atoms with E-state index in [1.807, 2.05) is 0 Å². The molecule has 0 amide bonds. The van der Waals surface area contributed by atoms with E-state index in [2.05, 4.69) is 31.0 Å². The third-order valence-corrected chi connectivity index (χ3v) is 4.78. The minimum atomic E-state index is 0.712. The molecule has 0 spiro atoms. The van der Waals surface area contributed by atoms with Crippen LogP contribution in [0.2, 0.25) is 0 Å². The highest BCUT2D eigenvalue weighted by Crippen LogP contribution is 2.26. The molecule has 2 heteroatoms. The quantitative estimate of drug-likeness (QED) is 0.744. The normalized spacial score (nSPS) is 37.1. The largest absolute Gasteiger partial charge is 0.311 e. The molecule has 2 aliphatic rings. The van der Waals surface area contributed by atoms with Crippen molar-refractivity contribution in [2.75, 3.05) is 19.6 Å². The molecule has 1 heterocycles. The van der Waals surface area contributed by atoms with Crippen LogP contribution < -0.4 is 5.32 Å². The van der Waals surface area contributed by atoms with Crippen molar-refractivity contribution in [1.82, 2.24) is 10.2 Å². The van der Waals surface area contributed by atoms with E-state index >= 15 is 0 Å². The zero-order valence-electron chi connectivity index (χ0n) is 11.9. The first-order chi connectivity index (χ1) is 8.16. The van der Waals surface area contributed by atoms with Crippen molar-refractivity contribution >= 4 is 0 Å². The molecule has 0 aromatic heterocycles. The van der Waals surface area contributed by atoms with Crippen LogP contribution >= 0.6 is 0 Å². The fourth-order valence-corrected chi connectivity index (χ4v) is 3.41. The molecule has 2 fully saturated rings. The van der Waals surface area contributed by atoms with Crippen molar-refractivity contribution in [1.29, 1.82) is 0 Å². The van der Waals surface area contributed by atoms with Crippen LogP contribution in [0.5, 0.6) is 0 Å². The summed E-state index contributed by atoms with van der Waals surface area (Å²) in [6.07, 6.45) is 7.22. The Balaban J connectivity index is 1.87. The van der Waals surface area contributed by atoms with Crippen LogP contribution in [-0.2, 0) is 0 Å². The first kappa shape index (κ1) is 13.4. The maximum Gasteiger partial charge on any atom is 0.0218 e. The van der Waals surface area contributed by atoms with Gasteiger partial charge in [-0.1, -0.05) is 33.6 Å². The first-order valence-electron chi connectivity index (χ1n) is 7.64. The lowest BCUT2D eigenvalue weighted by molar-refractivity contribution is 0.116. The fraction of sp³-hybridized carbons (Fsp3) is 1.00. The molecule has 17 heavy (non-hydrogen) atoms. The van der Waals surface area contributed by atoms with Gasteiger partial charge in [0.1, 0.15) is 0 Å². The molecule has 1 saturated carbocycles. The molecular formula is C15H30N2. The monoisotopic (exact) mass is 238 g/mol. The Hall–Kier alpha value is -0.0800. The lowest BCUT2D eigenvalue weighted by Gasteiger charge is -2.40. The Bertz CT molecular complexity index is 227. The lowest BCUT2D eigenvalue weighted by Crippen LogP contribution is -2.55. The van der Waals surface area contributed by atoms with Gasteiger partial charge < -0.3 is 5.32 Å². The van der Waals surface area contributed by atoms with Crippen LogP contribution in [0.3, 0.4) is 0 Å². The van der Waals surface area contributed by atoms with Gasteiger partial charge in [-0.25, -0.2) is 0 Å². The predicted molar refractivity (Wildman–Crippen MR) is 74.2 cm³/mol. The van der Waals surface area contributed by atoms with Gasteiger partial charge in [0.25, 0.3) is 0 Å². The maximum atomic E-state index is 3.67. The van der Waals surface area contributed by atoms with Gasteiger partial charge >= 0.3 is 0 Å². The first-order valence-corrected chi connectivity index (χ1v) is 7.64. The second-order valence-corrected chi connectivity index (χ2v) is 6.57. The summed E-state index contributed by atoms with van der Waals surface area (Å²) in [6, 6.07) is 1.59. The number of piperazine rings is 1.